The van der Waals surface area contributed by atoms with Gasteiger partial charge in [0.2, 0.25) is 5.91 Å². The van der Waals surface area contributed by atoms with Crippen molar-refractivity contribution in [3.8, 4) is 11.5 Å². The van der Waals surface area contributed by atoms with Crippen LogP contribution in [0.4, 0.5) is 5.69 Å². The number of hydrogen-bond donors (Lipinski definition) is 1. The van der Waals surface area contributed by atoms with Gasteiger partial charge in [0.25, 0.3) is 0 Å². The Balaban J connectivity index is 1.61. The van der Waals surface area contributed by atoms with Gasteiger partial charge in [0, 0.05) is 23.1 Å². The Morgan fingerprint density at radius 1 is 1.00 bits per heavy atom. The standard InChI is InChI=1S/C23H23NO6/c1-27-20-10-17(23(26)29-3)18(11-21(20)28-2)24-22(25)9-15-12-30-19-8-14-6-4-5-13(14)7-16(15)19/h7-8,10-12H,4-6,9H2,1-3H3,(H,24,25). The molecule has 156 valence electrons. The van der Waals surface area contributed by atoms with Crippen molar-refractivity contribution < 1.29 is 28.2 Å². The Morgan fingerprint density at radius 3 is 2.40 bits per heavy atom. The quantitative estimate of drug-likeness (QED) is 0.621. The van der Waals surface area contributed by atoms with Crippen LogP contribution in [0.5, 0.6) is 11.5 Å². The Labute approximate surface area is 173 Å². The number of furan rings is 1. The Morgan fingerprint density at radius 2 is 1.70 bits per heavy atom. The smallest absolute Gasteiger partial charge is 0.340 e. The van der Waals surface area contributed by atoms with Crippen molar-refractivity contribution in [1.29, 1.82) is 0 Å². The van der Waals surface area contributed by atoms with Crippen LogP contribution in [0.3, 0.4) is 0 Å². The van der Waals surface area contributed by atoms with Gasteiger partial charge in [-0.1, -0.05) is 0 Å². The van der Waals surface area contributed by atoms with Gasteiger partial charge in [-0.25, -0.2) is 4.79 Å². The minimum Gasteiger partial charge on any atom is -0.493 e. The van der Waals surface area contributed by atoms with Gasteiger partial charge >= 0.3 is 5.97 Å². The number of carbonyl (C=O) groups excluding carboxylic acids is 2. The van der Waals surface area contributed by atoms with Crippen LogP contribution < -0.4 is 14.8 Å². The lowest BCUT2D eigenvalue weighted by atomic mass is 10.0. The van der Waals surface area contributed by atoms with E-state index >= 15 is 0 Å². The number of ether oxygens (including phenoxy) is 3. The minimum absolute atomic E-state index is 0.112. The molecule has 1 aromatic heterocycles. The molecule has 0 spiro atoms. The number of amides is 1. The maximum absolute atomic E-state index is 12.8. The predicted molar refractivity (Wildman–Crippen MR) is 111 cm³/mol. The lowest BCUT2D eigenvalue weighted by Crippen LogP contribution is -2.17. The summed E-state index contributed by atoms with van der Waals surface area (Å²) in [4.78, 5) is 25.0. The number of aryl methyl sites for hydroxylation is 2. The Kier molecular flexibility index (Phi) is 5.35. The number of esters is 1. The normalized spacial score (nSPS) is 12.5. The molecule has 0 bridgehead atoms. The van der Waals surface area contributed by atoms with Gasteiger partial charge in [0.1, 0.15) is 5.58 Å². The van der Waals surface area contributed by atoms with E-state index in [4.69, 9.17) is 18.6 Å². The third-order valence-electron chi connectivity index (χ3n) is 5.42. The van der Waals surface area contributed by atoms with Crippen LogP contribution in [0, 0.1) is 0 Å². The van der Waals surface area contributed by atoms with Crippen molar-refractivity contribution in [2.75, 3.05) is 26.6 Å². The first-order chi connectivity index (χ1) is 14.5. The molecule has 1 aliphatic rings. The fourth-order valence-corrected chi connectivity index (χ4v) is 3.91. The molecule has 4 rings (SSSR count). The second kappa shape index (κ2) is 8.10. The van der Waals surface area contributed by atoms with Gasteiger partial charge in [-0.05, 0) is 42.5 Å². The van der Waals surface area contributed by atoms with Gasteiger partial charge < -0.3 is 23.9 Å². The van der Waals surface area contributed by atoms with Crippen LogP contribution in [0.2, 0.25) is 0 Å². The van der Waals surface area contributed by atoms with Crippen LogP contribution >= 0.6 is 0 Å². The predicted octanol–water partition coefficient (Wildman–Crippen LogP) is 3.91. The van der Waals surface area contributed by atoms with Crippen molar-refractivity contribution >= 4 is 28.5 Å². The van der Waals surface area contributed by atoms with Crippen molar-refractivity contribution in [1.82, 2.24) is 0 Å². The molecule has 7 nitrogen and oxygen atoms in total. The highest BCUT2D eigenvalue weighted by Crippen LogP contribution is 2.34. The molecule has 1 amide bonds. The second-order valence-corrected chi connectivity index (χ2v) is 7.20. The molecule has 0 radical (unpaired) electrons. The molecule has 0 saturated carbocycles. The maximum Gasteiger partial charge on any atom is 0.340 e. The maximum atomic E-state index is 12.8. The number of methoxy groups -OCH3 is 3. The summed E-state index contributed by atoms with van der Waals surface area (Å²) in [5, 5.41) is 3.74. The van der Waals surface area contributed by atoms with E-state index in [0.717, 1.165) is 35.8 Å². The van der Waals surface area contributed by atoms with E-state index in [9.17, 15) is 9.59 Å². The number of rotatable bonds is 6. The molecule has 3 aromatic rings. The zero-order chi connectivity index (χ0) is 21.3. The van der Waals surface area contributed by atoms with Gasteiger partial charge in [-0.15, -0.1) is 0 Å². The van der Waals surface area contributed by atoms with E-state index in [-0.39, 0.29) is 23.6 Å². The van der Waals surface area contributed by atoms with E-state index < -0.39 is 5.97 Å². The number of nitrogens with one attached hydrogen (secondary N) is 1. The van der Waals surface area contributed by atoms with E-state index in [1.54, 1.807) is 12.3 Å². The molecule has 0 atom stereocenters. The monoisotopic (exact) mass is 409 g/mol. The Bertz CT molecular complexity index is 1130. The first kappa shape index (κ1) is 19.8. The van der Waals surface area contributed by atoms with E-state index in [1.807, 2.05) is 0 Å². The van der Waals surface area contributed by atoms with Crippen molar-refractivity contribution in [2.45, 2.75) is 25.7 Å². The fraction of sp³-hybridized carbons (Fsp3) is 0.304. The molecule has 0 aliphatic heterocycles. The van der Waals surface area contributed by atoms with Crippen LogP contribution in [-0.4, -0.2) is 33.2 Å². The Hall–Kier alpha value is -3.48. The summed E-state index contributed by atoms with van der Waals surface area (Å²) in [5.41, 5.74) is 4.70. The van der Waals surface area contributed by atoms with E-state index in [0.29, 0.717) is 11.5 Å². The third-order valence-corrected chi connectivity index (χ3v) is 5.42. The number of anilines is 1. The molecule has 2 aromatic carbocycles. The fourth-order valence-electron chi connectivity index (χ4n) is 3.91. The highest BCUT2D eigenvalue weighted by molar-refractivity contribution is 6.03. The molecule has 0 unspecified atom stereocenters. The van der Waals surface area contributed by atoms with Gasteiger partial charge in [0.05, 0.1) is 45.3 Å². The first-order valence-electron chi connectivity index (χ1n) is 9.70. The molecule has 0 saturated heterocycles. The zero-order valence-corrected chi connectivity index (χ0v) is 17.2. The van der Waals surface area contributed by atoms with Crippen LogP contribution in [0.1, 0.15) is 33.5 Å². The average molecular weight is 409 g/mol. The van der Waals surface area contributed by atoms with Crippen LogP contribution in [0.25, 0.3) is 11.0 Å². The third kappa shape index (κ3) is 3.58. The molecule has 30 heavy (non-hydrogen) atoms. The summed E-state index contributed by atoms with van der Waals surface area (Å²) in [6, 6.07) is 7.23. The molecule has 7 heteroatoms. The topological polar surface area (TPSA) is 87.0 Å². The lowest BCUT2D eigenvalue weighted by Gasteiger charge is -2.14. The van der Waals surface area contributed by atoms with Crippen LogP contribution in [-0.2, 0) is 28.8 Å². The number of hydrogen-bond acceptors (Lipinski definition) is 6. The average Bonchev–Trinajstić information content (AvgIpc) is 3.37. The number of fused-ring (bicyclic) bond motifs is 2. The van der Waals surface area contributed by atoms with E-state index in [2.05, 4.69) is 17.4 Å². The summed E-state index contributed by atoms with van der Waals surface area (Å²) in [7, 11) is 4.23. The largest absolute Gasteiger partial charge is 0.493 e. The van der Waals surface area contributed by atoms with E-state index in [1.165, 1.54) is 38.5 Å². The van der Waals surface area contributed by atoms with Crippen molar-refractivity contribution in [2.24, 2.45) is 0 Å². The van der Waals surface area contributed by atoms with Crippen LogP contribution in [0.15, 0.2) is 34.9 Å². The second-order valence-electron chi connectivity index (χ2n) is 7.20. The highest BCUT2D eigenvalue weighted by Gasteiger charge is 2.21. The van der Waals surface area contributed by atoms with Crippen molar-refractivity contribution in [3.05, 3.63) is 52.8 Å². The number of benzene rings is 2. The summed E-state index contributed by atoms with van der Waals surface area (Å²) in [5.74, 6) is -0.110. The zero-order valence-electron chi connectivity index (χ0n) is 17.2. The van der Waals surface area contributed by atoms with Gasteiger partial charge in [-0.3, -0.25) is 4.79 Å². The molecule has 1 heterocycles. The van der Waals surface area contributed by atoms with Gasteiger partial charge in [-0.2, -0.15) is 0 Å². The first-order valence-corrected chi connectivity index (χ1v) is 9.70. The van der Waals surface area contributed by atoms with Crippen molar-refractivity contribution in [3.63, 3.8) is 0 Å². The minimum atomic E-state index is -0.587. The van der Waals surface area contributed by atoms with Gasteiger partial charge in [0.15, 0.2) is 11.5 Å². The SMILES string of the molecule is COC(=O)c1cc(OC)c(OC)cc1NC(=O)Cc1coc2cc3c(cc12)CCC3. The molecular formula is C23H23NO6. The summed E-state index contributed by atoms with van der Waals surface area (Å²) >= 11 is 0. The highest BCUT2D eigenvalue weighted by atomic mass is 16.5. The molecule has 0 fully saturated rings. The number of carbonyl (C=O) groups is 2. The summed E-state index contributed by atoms with van der Waals surface area (Å²) < 4.78 is 21.1. The molecule has 1 N–H and O–H groups in total. The summed E-state index contributed by atoms with van der Waals surface area (Å²) in [6.07, 6.45) is 5.00. The molecular weight excluding hydrogens is 386 g/mol. The lowest BCUT2D eigenvalue weighted by molar-refractivity contribution is -0.115. The summed E-state index contributed by atoms with van der Waals surface area (Å²) in [6.45, 7) is 0. The molecule has 1 aliphatic carbocycles.